The van der Waals surface area contributed by atoms with E-state index in [0.717, 1.165) is 34.3 Å². The Bertz CT molecular complexity index is 762. The molecule has 0 amide bonds. The molecule has 1 aliphatic carbocycles. The Hall–Kier alpha value is -2.78. The largest absolute Gasteiger partial charge is 0.508 e. The SMILES string of the molecule is C=C1C/C1=C/C(CCO)=C(c1ccc(O)cc1)c1ccc(O)cc1. The lowest BCUT2D eigenvalue weighted by Gasteiger charge is -2.14. The summed E-state index contributed by atoms with van der Waals surface area (Å²) in [6, 6.07) is 14.0. The molecule has 3 nitrogen and oxygen atoms in total. The van der Waals surface area contributed by atoms with E-state index in [2.05, 4.69) is 12.7 Å². The average Bonchev–Trinajstić information content (AvgIpc) is 3.26. The highest BCUT2D eigenvalue weighted by atomic mass is 16.3. The first-order valence-electron chi connectivity index (χ1n) is 7.90. The van der Waals surface area contributed by atoms with E-state index in [0.29, 0.717) is 6.42 Å². The second-order valence-corrected chi connectivity index (χ2v) is 5.92. The fourth-order valence-corrected chi connectivity index (χ4v) is 2.73. The van der Waals surface area contributed by atoms with Crippen molar-refractivity contribution >= 4 is 5.57 Å². The van der Waals surface area contributed by atoms with Gasteiger partial charge in [0.05, 0.1) is 0 Å². The molecule has 1 aliphatic rings. The van der Waals surface area contributed by atoms with Crippen molar-refractivity contribution in [2.24, 2.45) is 0 Å². The van der Waals surface area contributed by atoms with Crippen molar-refractivity contribution in [3.63, 3.8) is 0 Å². The van der Waals surface area contributed by atoms with Crippen molar-refractivity contribution in [1.29, 1.82) is 0 Å². The van der Waals surface area contributed by atoms with Crippen molar-refractivity contribution in [2.75, 3.05) is 6.61 Å². The summed E-state index contributed by atoms with van der Waals surface area (Å²) in [6.07, 6.45) is 3.52. The molecule has 0 atom stereocenters. The lowest BCUT2D eigenvalue weighted by Crippen LogP contribution is -1.96. The molecule has 2 aromatic rings. The molecule has 3 N–H and O–H groups in total. The molecule has 122 valence electrons. The Morgan fingerprint density at radius 2 is 1.38 bits per heavy atom. The number of rotatable bonds is 5. The topological polar surface area (TPSA) is 60.7 Å². The summed E-state index contributed by atoms with van der Waals surface area (Å²) < 4.78 is 0. The van der Waals surface area contributed by atoms with Crippen molar-refractivity contribution in [1.82, 2.24) is 0 Å². The van der Waals surface area contributed by atoms with Crippen LogP contribution in [-0.4, -0.2) is 21.9 Å². The van der Waals surface area contributed by atoms with Gasteiger partial charge in [-0.25, -0.2) is 0 Å². The minimum absolute atomic E-state index is 0.0469. The number of phenolic OH excluding ortho intramolecular Hbond substituents is 2. The third-order valence-corrected chi connectivity index (χ3v) is 4.10. The fourth-order valence-electron chi connectivity index (χ4n) is 2.73. The van der Waals surface area contributed by atoms with Gasteiger partial charge in [-0.15, -0.1) is 0 Å². The van der Waals surface area contributed by atoms with Crippen LogP contribution in [0.3, 0.4) is 0 Å². The number of hydrogen-bond acceptors (Lipinski definition) is 3. The molecule has 0 unspecified atom stereocenters. The normalized spacial score (nSPS) is 14.7. The predicted octanol–water partition coefficient (Wildman–Crippen LogP) is 4.17. The van der Waals surface area contributed by atoms with E-state index >= 15 is 0 Å². The number of aliphatic hydroxyl groups excluding tert-OH is 1. The molecule has 0 spiro atoms. The molecule has 0 radical (unpaired) electrons. The number of allylic oxidation sites excluding steroid dienone is 3. The van der Waals surface area contributed by atoms with Gasteiger partial charge in [0.15, 0.2) is 0 Å². The van der Waals surface area contributed by atoms with Gasteiger partial charge in [0.1, 0.15) is 11.5 Å². The van der Waals surface area contributed by atoms with Gasteiger partial charge in [-0.2, -0.15) is 0 Å². The minimum atomic E-state index is 0.0469. The summed E-state index contributed by atoms with van der Waals surface area (Å²) in [4.78, 5) is 0. The van der Waals surface area contributed by atoms with Gasteiger partial charge >= 0.3 is 0 Å². The van der Waals surface area contributed by atoms with E-state index in [-0.39, 0.29) is 18.1 Å². The molecule has 2 aromatic carbocycles. The summed E-state index contributed by atoms with van der Waals surface area (Å²) in [7, 11) is 0. The minimum Gasteiger partial charge on any atom is -0.508 e. The van der Waals surface area contributed by atoms with Crippen LogP contribution in [0.25, 0.3) is 5.57 Å². The second kappa shape index (κ2) is 6.77. The summed E-state index contributed by atoms with van der Waals surface area (Å²) in [5.74, 6) is 0.419. The van der Waals surface area contributed by atoms with Crippen LogP contribution in [0.15, 0.2) is 77.9 Å². The van der Waals surface area contributed by atoms with E-state index in [4.69, 9.17) is 0 Å². The van der Waals surface area contributed by atoms with E-state index in [1.54, 1.807) is 24.3 Å². The molecule has 24 heavy (non-hydrogen) atoms. The number of phenols is 2. The molecular formula is C21H20O3. The highest BCUT2D eigenvalue weighted by Gasteiger charge is 2.20. The van der Waals surface area contributed by atoms with Gasteiger partial charge in [-0.1, -0.05) is 36.9 Å². The Morgan fingerprint density at radius 3 is 1.75 bits per heavy atom. The van der Waals surface area contributed by atoms with Crippen molar-refractivity contribution in [3.05, 3.63) is 89.0 Å². The predicted molar refractivity (Wildman–Crippen MR) is 95.8 cm³/mol. The standard InChI is InChI=1S/C21H20O3/c1-14-12-18(14)13-17(10-11-22)21(15-2-6-19(23)7-3-15)16-4-8-20(24)9-5-16/h2-9,13,22-24H,1,10-12H2/b18-13-. The molecule has 3 rings (SSSR count). The van der Waals surface area contributed by atoms with E-state index in [1.165, 1.54) is 5.57 Å². The van der Waals surface area contributed by atoms with Crippen LogP contribution in [-0.2, 0) is 0 Å². The monoisotopic (exact) mass is 320 g/mol. The Kier molecular flexibility index (Phi) is 4.54. The van der Waals surface area contributed by atoms with Crippen LogP contribution in [0.1, 0.15) is 24.0 Å². The van der Waals surface area contributed by atoms with Gasteiger partial charge in [-0.05, 0) is 70.5 Å². The van der Waals surface area contributed by atoms with Gasteiger partial charge in [-0.3, -0.25) is 0 Å². The molecule has 3 heteroatoms. The summed E-state index contributed by atoms with van der Waals surface area (Å²) >= 11 is 0. The average molecular weight is 320 g/mol. The molecule has 0 bridgehead atoms. The van der Waals surface area contributed by atoms with Crippen LogP contribution in [0, 0.1) is 0 Å². The molecule has 1 saturated carbocycles. The smallest absolute Gasteiger partial charge is 0.115 e. The Labute approximate surface area is 141 Å². The fraction of sp³-hybridized carbons (Fsp3) is 0.143. The lowest BCUT2D eigenvalue weighted by molar-refractivity contribution is 0.300. The zero-order chi connectivity index (χ0) is 17.1. The van der Waals surface area contributed by atoms with Gasteiger partial charge in [0, 0.05) is 6.61 Å². The van der Waals surface area contributed by atoms with Gasteiger partial charge < -0.3 is 15.3 Å². The third kappa shape index (κ3) is 3.58. The zero-order valence-electron chi connectivity index (χ0n) is 13.4. The van der Waals surface area contributed by atoms with E-state index in [1.807, 2.05) is 24.3 Å². The molecule has 0 aliphatic heterocycles. The number of aromatic hydroxyl groups is 2. The Balaban J connectivity index is 2.18. The van der Waals surface area contributed by atoms with Crippen LogP contribution in [0.5, 0.6) is 11.5 Å². The maximum atomic E-state index is 9.56. The molecular weight excluding hydrogens is 300 g/mol. The molecule has 0 saturated heterocycles. The highest BCUT2D eigenvalue weighted by molar-refractivity contribution is 5.84. The van der Waals surface area contributed by atoms with Crippen LogP contribution in [0.4, 0.5) is 0 Å². The van der Waals surface area contributed by atoms with E-state index < -0.39 is 0 Å². The molecule has 0 aromatic heterocycles. The number of hydrogen-bond donors (Lipinski definition) is 3. The highest BCUT2D eigenvalue weighted by Crippen LogP contribution is 2.39. The van der Waals surface area contributed by atoms with Crippen molar-refractivity contribution in [3.8, 4) is 11.5 Å². The van der Waals surface area contributed by atoms with Crippen molar-refractivity contribution < 1.29 is 15.3 Å². The third-order valence-electron chi connectivity index (χ3n) is 4.10. The van der Waals surface area contributed by atoms with Crippen LogP contribution < -0.4 is 0 Å². The molecule has 0 heterocycles. The molecule has 1 fully saturated rings. The van der Waals surface area contributed by atoms with Crippen LogP contribution in [0.2, 0.25) is 0 Å². The Morgan fingerprint density at radius 1 is 0.917 bits per heavy atom. The lowest BCUT2D eigenvalue weighted by atomic mass is 9.91. The summed E-state index contributed by atoms with van der Waals surface area (Å²) in [5, 5.41) is 28.6. The first-order valence-corrected chi connectivity index (χ1v) is 7.90. The maximum Gasteiger partial charge on any atom is 0.115 e. The zero-order valence-corrected chi connectivity index (χ0v) is 13.4. The van der Waals surface area contributed by atoms with Gasteiger partial charge in [0.25, 0.3) is 0 Å². The maximum absolute atomic E-state index is 9.56. The quantitative estimate of drug-likeness (QED) is 0.775. The number of benzene rings is 2. The number of aliphatic hydroxyl groups is 1. The first-order chi connectivity index (χ1) is 11.6. The second-order valence-electron chi connectivity index (χ2n) is 5.92. The van der Waals surface area contributed by atoms with Crippen LogP contribution >= 0.6 is 0 Å². The summed E-state index contributed by atoms with van der Waals surface area (Å²) in [6.45, 7) is 4.02. The van der Waals surface area contributed by atoms with Crippen molar-refractivity contribution in [2.45, 2.75) is 12.8 Å². The first kappa shape index (κ1) is 16.1. The van der Waals surface area contributed by atoms with E-state index in [9.17, 15) is 15.3 Å². The summed E-state index contributed by atoms with van der Waals surface area (Å²) in [5.41, 5.74) is 6.23. The van der Waals surface area contributed by atoms with Gasteiger partial charge in [0.2, 0.25) is 0 Å².